The fraction of sp³-hybridized carbons (Fsp3) is 0.571. The first-order valence-corrected chi connectivity index (χ1v) is 7.88. The number of carbonyl (C=O) groups is 2. The van der Waals surface area contributed by atoms with Crippen LogP contribution in [-0.4, -0.2) is 20.4 Å². The van der Waals surface area contributed by atoms with Crippen molar-refractivity contribution in [1.82, 2.24) is 0 Å². The third-order valence-corrected chi connectivity index (χ3v) is 3.44. The van der Waals surface area contributed by atoms with Crippen LogP contribution < -0.4 is 0 Å². The van der Waals surface area contributed by atoms with E-state index in [0.29, 0.717) is 12.8 Å². The Morgan fingerprint density at radius 2 is 1.65 bits per heavy atom. The second-order valence-electron chi connectivity index (χ2n) is 4.41. The molecule has 5 nitrogen and oxygen atoms in total. The number of carbonyl (C=O) groups excluding carboxylic acids is 2. The van der Waals surface area contributed by atoms with Gasteiger partial charge in [0.25, 0.3) is 0 Å². The molecule has 6 heteroatoms. The number of hydrogen-bond acceptors (Lipinski definition) is 5. The van der Waals surface area contributed by atoms with Crippen LogP contribution in [0.25, 0.3) is 0 Å². The molecule has 0 spiro atoms. The molecule has 0 amide bonds. The monoisotopic (exact) mass is 302 g/mol. The van der Waals surface area contributed by atoms with Crippen LogP contribution in [0.4, 0.5) is 0 Å². The second-order valence-corrected chi connectivity index (χ2v) is 5.50. The molecule has 0 bridgehead atoms. The molecule has 0 saturated heterocycles. The maximum absolute atomic E-state index is 11.5. The summed E-state index contributed by atoms with van der Waals surface area (Å²) in [5, 5.41) is 0. The SMILES string of the molecule is C=C(CCCC)C(=O)OC(=O)C=C(CCCC)[SH](=O)=O. The van der Waals surface area contributed by atoms with Gasteiger partial charge >= 0.3 is 11.9 Å². The second kappa shape index (κ2) is 10.4. The Balaban J connectivity index is 4.57. The molecule has 0 saturated carbocycles. The van der Waals surface area contributed by atoms with Gasteiger partial charge in [0.15, 0.2) is 10.7 Å². The van der Waals surface area contributed by atoms with Crippen molar-refractivity contribution in [2.75, 3.05) is 0 Å². The number of allylic oxidation sites excluding steroid dienone is 1. The van der Waals surface area contributed by atoms with Crippen molar-refractivity contribution in [3.8, 4) is 0 Å². The van der Waals surface area contributed by atoms with Gasteiger partial charge in [-0.3, -0.25) is 0 Å². The summed E-state index contributed by atoms with van der Waals surface area (Å²) < 4.78 is 26.5. The molecule has 0 aliphatic rings. The maximum Gasteiger partial charge on any atom is 0.341 e. The molecule has 0 aliphatic heterocycles. The van der Waals surface area contributed by atoms with Gasteiger partial charge in [-0.15, -0.1) is 0 Å². The van der Waals surface area contributed by atoms with Crippen molar-refractivity contribution >= 4 is 22.6 Å². The van der Waals surface area contributed by atoms with Gasteiger partial charge in [-0.2, -0.15) is 0 Å². The molecule has 0 aliphatic carbocycles. The summed E-state index contributed by atoms with van der Waals surface area (Å²) in [4.78, 5) is 23.0. The Morgan fingerprint density at radius 3 is 2.15 bits per heavy atom. The van der Waals surface area contributed by atoms with E-state index in [1.54, 1.807) is 0 Å². The van der Waals surface area contributed by atoms with Crippen LogP contribution in [0.5, 0.6) is 0 Å². The fourth-order valence-corrected chi connectivity index (χ4v) is 1.95. The van der Waals surface area contributed by atoms with Gasteiger partial charge in [0.05, 0.1) is 0 Å². The number of unbranched alkanes of at least 4 members (excludes halogenated alkanes) is 2. The van der Waals surface area contributed by atoms with Gasteiger partial charge in [0, 0.05) is 16.6 Å². The molecule has 0 heterocycles. The van der Waals surface area contributed by atoms with Crippen LogP contribution >= 0.6 is 0 Å². The average molecular weight is 302 g/mol. The molecule has 0 fully saturated rings. The van der Waals surface area contributed by atoms with Crippen LogP contribution in [-0.2, 0) is 25.0 Å². The van der Waals surface area contributed by atoms with Crippen molar-refractivity contribution in [3.05, 3.63) is 23.1 Å². The number of rotatable bonds is 9. The lowest BCUT2D eigenvalue weighted by molar-refractivity contribution is -0.153. The Hall–Kier alpha value is -1.43. The maximum atomic E-state index is 11.5. The summed E-state index contributed by atoms with van der Waals surface area (Å²) in [6, 6.07) is 0. The van der Waals surface area contributed by atoms with E-state index in [9.17, 15) is 18.0 Å². The van der Waals surface area contributed by atoms with E-state index in [2.05, 4.69) is 11.3 Å². The quantitative estimate of drug-likeness (QED) is 0.306. The van der Waals surface area contributed by atoms with Crippen molar-refractivity contribution in [2.24, 2.45) is 0 Å². The molecule has 0 radical (unpaired) electrons. The third-order valence-electron chi connectivity index (χ3n) is 2.62. The van der Waals surface area contributed by atoms with Gasteiger partial charge in [0.1, 0.15) is 0 Å². The van der Waals surface area contributed by atoms with Gasteiger partial charge in [-0.1, -0.05) is 33.3 Å². The standard InChI is InChI=1S/C14H22O5S/c1-4-6-8-11(3)14(16)19-13(15)10-12(20(17)18)9-7-5-2/h10,20H,3-9H2,1-2H3. The minimum absolute atomic E-state index is 0.0150. The highest BCUT2D eigenvalue weighted by Crippen LogP contribution is 2.10. The molecular formula is C14H22O5S. The van der Waals surface area contributed by atoms with Crippen molar-refractivity contribution in [3.63, 3.8) is 0 Å². The summed E-state index contributed by atoms with van der Waals surface area (Å²) in [5.74, 6) is -1.76. The van der Waals surface area contributed by atoms with Crippen LogP contribution in [0.2, 0.25) is 0 Å². The summed E-state index contributed by atoms with van der Waals surface area (Å²) in [5.41, 5.74) is 0.218. The zero-order valence-corrected chi connectivity index (χ0v) is 12.9. The van der Waals surface area contributed by atoms with Crippen LogP contribution in [0.3, 0.4) is 0 Å². The van der Waals surface area contributed by atoms with Crippen LogP contribution in [0.1, 0.15) is 52.4 Å². The third kappa shape index (κ3) is 7.89. The van der Waals surface area contributed by atoms with E-state index in [1.807, 2.05) is 13.8 Å². The lowest BCUT2D eigenvalue weighted by Crippen LogP contribution is -2.12. The Morgan fingerprint density at radius 1 is 1.10 bits per heavy atom. The van der Waals surface area contributed by atoms with E-state index in [-0.39, 0.29) is 16.9 Å². The van der Waals surface area contributed by atoms with Crippen molar-refractivity contribution < 1.29 is 22.7 Å². The predicted octanol–water partition coefficient (Wildman–Crippen LogP) is 2.49. The Bertz CT molecular complexity index is 452. The molecule has 0 atom stereocenters. The number of ether oxygens (including phenoxy) is 1. The normalized spacial score (nSPS) is 11.4. The van der Waals surface area contributed by atoms with E-state index in [4.69, 9.17) is 0 Å². The highest BCUT2D eigenvalue weighted by atomic mass is 32.2. The zero-order chi connectivity index (χ0) is 15.5. The minimum atomic E-state index is -2.83. The summed E-state index contributed by atoms with van der Waals surface area (Å²) in [6.45, 7) is 7.42. The molecule has 0 rings (SSSR count). The predicted molar refractivity (Wildman–Crippen MR) is 77.7 cm³/mol. The first-order chi connectivity index (χ1) is 9.42. The van der Waals surface area contributed by atoms with E-state index < -0.39 is 22.6 Å². The Labute approximate surface area is 121 Å². The first kappa shape index (κ1) is 18.6. The fourth-order valence-electron chi connectivity index (χ4n) is 1.40. The summed E-state index contributed by atoms with van der Waals surface area (Å²) in [6.07, 6.45) is 4.75. The van der Waals surface area contributed by atoms with E-state index in [1.165, 1.54) is 0 Å². The molecule has 0 aromatic carbocycles. The molecule has 20 heavy (non-hydrogen) atoms. The van der Waals surface area contributed by atoms with E-state index in [0.717, 1.165) is 25.3 Å². The van der Waals surface area contributed by atoms with Gasteiger partial charge < -0.3 is 4.74 Å². The van der Waals surface area contributed by atoms with Crippen molar-refractivity contribution in [1.29, 1.82) is 0 Å². The number of hydrogen-bond donors (Lipinski definition) is 1. The molecule has 0 aromatic heterocycles. The minimum Gasteiger partial charge on any atom is -0.386 e. The van der Waals surface area contributed by atoms with Crippen LogP contribution in [0.15, 0.2) is 23.1 Å². The molecule has 0 unspecified atom stereocenters. The van der Waals surface area contributed by atoms with E-state index >= 15 is 0 Å². The van der Waals surface area contributed by atoms with Gasteiger partial charge in [-0.05, 0) is 25.7 Å². The highest BCUT2D eigenvalue weighted by Gasteiger charge is 2.13. The van der Waals surface area contributed by atoms with Gasteiger partial charge in [0.2, 0.25) is 0 Å². The number of esters is 2. The first-order valence-electron chi connectivity index (χ1n) is 6.71. The smallest absolute Gasteiger partial charge is 0.341 e. The zero-order valence-electron chi connectivity index (χ0n) is 12.0. The lowest BCUT2D eigenvalue weighted by Gasteiger charge is -2.03. The van der Waals surface area contributed by atoms with Crippen molar-refractivity contribution in [2.45, 2.75) is 52.4 Å². The molecule has 0 aromatic rings. The lowest BCUT2D eigenvalue weighted by atomic mass is 10.1. The van der Waals surface area contributed by atoms with Gasteiger partial charge in [-0.25, -0.2) is 18.0 Å². The molecular weight excluding hydrogens is 280 g/mol. The van der Waals surface area contributed by atoms with Crippen LogP contribution in [0, 0.1) is 0 Å². The topological polar surface area (TPSA) is 77.5 Å². The largest absolute Gasteiger partial charge is 0.386 e. The average Bonchev–Trinajstić information content (AvgIpc) is 2.40. The summed E-state index contributed by atoms with van der Waals surface area (Å²) in [7, 11) is -2.83. The summed E-state index contributed by atoms with van der Waals surface area (Å²) >= 11 is 0. The Kier molecular flexibility index (Phi) is 9.63. The number of thiol groups is 1. The highest BCUT2D eigenvalue weighted by molar-refractivity contribution is 7.76. The molecule has 114 valence electrons. The molecule has 0 N–H and O–H groups in total.